The molecule has 0 radical (unpaired) electrons. The summed E-state index contributed by atoms with van der Waals surface area (Å²) in [5.74, 6) is 0. The SMILES string of the molecule is Cc1cnc(COCc2cccc(Br)c2)c(C)c1N. The molecule has 0 unspecified atom stereocenters. The third kappa shape index (κ3) is 3.55. The van der Waals surface area contributed by atoms with Crippen molar-refractivity contribution in [3.05, 3.63) is 57.3 Å². The summed E-state index contributed by atoms with van der Waals surface area (Å²) in [6, 6.07) is 8.07. The average Bonchev–Trinajstić information content (AvgIpc) is 2.39. The molecule has 2 aromatic rings. The highest BCUT2D eigenvalue weighted by Crippen LogP contribution is 2.19. The van der Waals surface area contributed by atoms with E-state index in [1.165, 1.54) is 0 Å². The summed E-state index contributed by atoms with van der Waals surface area (Å²) >= 11 is 3.44. The molecule has 0 atom stereocenters. The fraction of sp³-hybridized carbons (Fsp3) is 0.267. The van der Waals surface area contributed by atoms with Crippen molar-refractivity contribution < 1.29 is 4.74 Å². The lowest BCUT2D eigenvalue weighted by molar-refractivity contribution is 0.104. The first kappa shape index (κ1) is 14.0. The van der Waals surface area contributed by atoms with E-state index in [-0.39, 0.29) is 0 Å². The second-order valence-corrected chi connectivity index (χ2v) is 5.46. The van der Waals surface area contributed by atoms with Gasteiger partial charge in [0.1, 0.15) is 0 Å². The molecule has 1 aromatic carbocycles. The number of aryl methyl sites for hydroxylation is 1. The van der Waals surface area contributed by atoms with Gasteiger partial charge >= 0.3 is 0 Å². The Kier molecular flexibility index (Phi) is 4.56. The van der Waals surface area contributed by atoms with Crippen LogP contribution in [-0.2, 0) is 18.0 Å². The van der Waals surface area contributed by atoms with Crippen molar-refractivity contribution >= 4 is 21.6 Å². The second-order valence-electron chi connectivity index (χ2n) is 4.55. The summed E-state index contributed by atoms with van der Waals surface area (Å²) in [4.78, 5) is 4.37. The van der Waals surface area contributed by atoms with E-state index in [9.17, 15) is 0 Å². The molecule has 0 saturated carbocycles. The predicted octanol–water partition coefficient (Wildman–Crippen LogP) is 3.76. The van der Waals surface area contributed by atoms with E-state index in [0.717, 1.165) is 32.5 Å². The smallest absolute Gasteiger partial charge is 0.0895 e. The Bertz CT molecular complexity index is 584. The number of rotatable bonds is 4. The normalized spacial score (nSPS) is 10.7. The van der Waals surface area contributed by atoms with Crippen LogP contribution in [0.5, 0.6) is 0 Å². The summed E-state index contributed by atoms with van der Waals surface area (Å²) in [5.41, 5.74) is 10.8. The second kappa shape index (κ2) is 6.17. The molecule has 100 valence electrons. The molecular formula is C15H17BrN2O. The maximum Gasteiger partial charge on any atom is 0.0895 e. The number of anilines is 1. The van der Waals surface area contributed by atoms with Crippen LogP contribution in [0.25, 0.3) is 0 Å². The van der Waals surface area contributed by atoms with Gasteiger partial charge in [0.25, 0.3) is 0 Å². The van der Waals surface area contributed by atoms with Gasteiger partial charge in [-0.2, -0.15) is 0 Å². The predicted molar refractivity (Wildman–Crippen MR) is 80.8 cm³/mol. The van der Waals surface area contributed by atoms with Crippen LogP contribution in [0.2, 0.25) is 0 Å². The highest BCUT2D eigenvalue weighted by Gasteiger charge is 2.06. The van der Waals surface area contributed by atoms with Crippen molar-refractivity contribution in [1.29, 1.82) is 0 Å². The number of hydrogen-bond acceptors (Lipinski definition) is 3. The number of nitrogens with two attached hydrogens (primary N) is 1. The summed E-state index contributed by atoms with van der Waals surface area (Å²) in [6.07, 6.45) is 1.79. The van der Waals surface area contributed by atoms with Gasteiger partial charge in [-0.15, -0.1) is 0 Å². The molecule has 3 nitrogen and oxygen atoms in total. The lowest BCUT2D eigenvalue weighted by Gasteiger charge is -2.10. The fourth-order valence-corrected chi connectivity index (χ4v) is 2.28. The largest absolute Gasteiger partial charge is 0.398 e. The van der Waals surface area contributed by atoms with E-state index < -0.39 is 0 Å². The number of benzene rings is 1. The minimum absolute atomic E-state index is 0.475. The lowest BCUT2D eigenvalue weighted by Crippen LogP contribution is -2.04. The molecule has 0 aliphatic carbocycles. The van der Waals surface area contributed by atoms with E-state index in [2.05, 4.69) is 20.9 Å². The average molecular weight is 321 g/mol. The number of nitrogen functional groups attached to an aromatic ring is 1. The molecule has 0 amide bonds. The van der Waals surface area contributed by atoms with Crippen molar-refractivity contribution in [2.75, 3.05) is 5.73 Å². The zero-order valence-electron chi connectivity index (χ0n) is 11.1. The van der Waals surface area contributed by atoms with Crippen LogP contribution in [0.3, 0.4) is 0 Å². The molecule has 0 spiro atoms. The first-order valence-electron chi connectivity index (χ1n) is 6.10. The molecule has 19 heavy (non-hydrogen) atoms. The number of hydrogen-bond donors (Lipinski definition) is 1. The van der Waals surface area contributed by atoms with Crippen molar-refractivity contribution in [1.82, 2.24) is 4.98 Å². The van der Waals surface area contributed by atoms with E-state index >= 15 is 0 Å². The van der Waals surface area contributed by atoms with E-state index in [1.54, 1.807) is 6.20 Å². The van der Waals surface area contributed by atoms with Crippen LogP contribution in [0.15, 0.2) is 34.9 Å². The number of ether oxygens (including phenoxy) is 1. The summed E-state index contributed by atoms with van der Waals surface area (Å²) in [6.45, 7) is 4.98. The molecule has 2 N–H and O–H groups in total. The van der Waals surface area contributed by atoms with Crippen LogP contribution in [0.4, 0.5) is 5.69 Å². The van der Waals surface area contributed by atoms with Gasteiger partial charge < -0.3 is 10.5 Å². The van der Waals surface area contributed by atoms with Crippen molar-refractivity contribution in [2.24, 2.45) is 0 Å². The van der Waals surface area contributed by atoms with E-state index in [1.807, 2.05) is 38.1 Å². The number of pyridine rings is 1. The number of aromatic nitrogens is 1. The Morgan fingerprint density at radius 1 is 1.26 bits per heavy atom. The van der Waals surface area contributed by atoms with Crippen LogP contribution < -0.4 is 5.73 Å². The number of nitrogens with zero attached hydrogens (tertiary/aromatic N) is 1. The van der Waals surface area contributed by atoms with Gasteiger partial charge in [0.05, 0.1) is 18.9 Å². The molecule has 1 heterocycles. The van der Waals surface area contributed by atoms with Gasteiger partial charge in [-0.1, -0.05) is 28.1 Å². The van der Waals surface area contributed by atoms with Crippen molar-refractivity contribution in [2.45, 2.75) is 27.1 Å². The third-order valence-electron chi connectivity index (χ3n) is 3.07. The van der Waals surface area contributed by atoms with Gasteiger partial charge in [0.15, 0.2) is 0 Å². The molecule has 4 heteroatoms. The Morgan fingerprint density at radius 2 is 2.05 bits per heavy atom. The Labute approximate surface area is 121 Å². The molecule has 0 bridgehead atoms. The standard InChI is InChI=1S/C15H17BrN2O/c1-10-7-18-14(11(2)15(10)17)9-19-8-12-4-3-5-13(16)6-12/h3-7H,8-9H2,1-2H3,(H2,17,18). The van der Waals surface area contributed by atoms with Crippen molar-refractivity contribution in [3.8, 4) is 0 Å². The lowest BCUT2D eigenvalue weighted by atomic mass is 10.1. The van der Waals surface area contributed by atoms with Crippen LogP contribution >= 0.6 is 15.9 Å². The zero-order chi connectivity index (χ0) is 13.8. The van der Waals surface area contributed by atoms with Gasteiger partial charge in [0, 0.05) is 16.4 Å². The summed E-state index contributed by atoms with van der Waals surface area (Å²) < 4.78 is 6.76. The molecule has 1 aromatic heterocycles. The van der Waals surface area contributed by atoms with Gasteiger partial charge in [-0.05, 0) is 42.7 Å². The van der Waals surface area contributed by atoms with Crippen LogP contribution in [-0.4, -0.2) is 4.98 Å². The molecular weight excluding hydrogens is 304 g/mol. The van der Waals surface area contributed by atoms with Gasteiger partial charge in [-0.25, -0.2) is 0 Å². The van der Waals surface area contributed by atoms with Crippen LogP contribution in [0, 0.1) is 13.8 Å². The first-order chi connectivity index (χ1) is 9.08. The molecule has 2 rings (SSSR count). The number of halogens is 1. The maximum absolute atomic E-state index is 5.98. The summed E-state index contributed by atoms with van der Waals surface area (Å²) in [5, 5.41) is 0. The Hall–Kier alpha value is -1.39. The highest BCUT2D eigenvalue weighted by atomic mass is 79.9. The zero-order valence-corrected chi connectivity index (χ0v) is 12.7. The molecule has 0 aliphatic heterocycles. The van der Waals surface area contributed by atoms with Crippen molar-refractivity contribution in [3.63, 3.8) is 0 Å². The topological polar surface area (TPSA) is 48.1 Å². The van der Waals surface area contributed by atoms with E-state index in [4.69, 9.17) is 10.5 Å². The Balaban J connectivity index is 1.98. The third-order valence-corrected chi connectivity index (χ3v) is 3.57. The van der Waals surface area contributed by atoms with Gasteiger partial charge in [-0.3, -0.25) is 4.98 Å². The molecule has 0 aliphatic rings. The minimum atomic E-state index is 0.475. The molecule has 0 fully saturated rings. The fourth-order valence-electron chi connectivity index (χ4n) is 1.83. The molecule has 0 saturated heterocycles. The van der Waals surface area contributed by atoms with E-state index in [0.29, 0.717) is 13.2 Å². The quantitative estimate of drug-likeness (QED) is 0.933. The first-order valence-corrected chi connectivity index (χ1v) is 6.90. The minimum Gasteiger partial charge on any atom is -0.398 e. The highest BCUT2D eigenvalue weighted by molar-refractivity contribution is 9.10. The summed E-state index contributed by atoms with van der Waals surface area (Å²) in [7, 11) is 0. The Morgan fingerprint density at radius 3 is 2.79 bits per heavy atom. The van der Waals surface area contributed by atoms with Gasteiger partial charge in [0.2, 0.25) is 0 Å². The van der Waals surface area contributed by atoms with Crippen LogP contribution in [0.1, 0.15) is 22.4 Å². The maximum atomic E-state index is 5.98. The monoisotopic (exact) mass is 320 g/mol.